The highest BCUT2D eigenvalue weighted by molar-refractivity contribution is 5.64. The highest BCUT2D eigenvalue weighted by Gasteiger charge is 2.28. The molecule has 1 atom stereocenters. The number of anilines is 1. The number of benzene rings is 3. The zero-order valence-electron chi connectivity index (χ0n) is 24.5. The van der Waals surface area contributed by atoms with E-state index >= 15 is 0 Å². The van der Waals surface area contributed by atoms with Gasteiger partial charge in [0.15, 0.2) is 17.5 Å². The molecule has 3 aromatic carbocycles. The molecule has 0 aliphatic heterocycles. The SMILES string of the molecule is CC.CCN(CC)c1ccc(/C=C/CC(C)(CC)c2ccccc2[NH2+]Cc2cc(F)c(F)c(F)c2)c(OC)c1. The summed E-state index contributed by atoms with van der Waals surface area (Å²) >= 11 is 0. The summed E-state index contributed by atoms with van der Waals surface area (Å²) in [7, 11) is 1.69. The molecule has 0 amide bonds. The Bertz CT molecular complexity index is 1200. The molecule has 0 bridgehead atoms. The van der Waals surface area contributed by atoms with Crippen LogP contribution in [-0.4, -0.2) is 20.2 Å². The topological polar surface area (TPSA) is 29.1 Å². The smallest absolute Gasteiger partial charge is 0.194 e. The van der Waals surface area contributed by atoms with Gasteiger partial charge in [-0.2, -0.15) is 0 Å². The summed E-state index contributed by atoms with van der Waals surface area (Å²) < 4.78 is 46.4. The fourth-order valence-corrected chi connectivity index (χ4v) is 4.69. The standard InChI is InChI=1S/C31H37F3N2O.C2H6/c1-6-31(4,17-11-12-23-15-16-24(20-29(23)37-5)36(7-2)8-3)25-13-9-10-14-28(25)35-21-22-18-26(32)30(34)27(33)19-22;1-2/h9-16,18-20,35H,6-8,17,21H2,1-5H3;1-2H3/p+1/b12-11+;. The highest BCUT2D eigenvalue weighted by Crippen LogP contribution is 2.36. The maximum Gasteiger partial charge on any atom is 0.194 e. The predicted octanol–water partition coefficient (Wildman–Crippen LogP) is 8.15. The number of quaternary nitrogens is 1. The Morgan fingerprint density at radius 1 is 0.923 bits per heavy atom. The van der Waals surface area contributed by atoms with E-state index < -0.39 is 17.5 Å². The first-order chi connectivity index (χ1) is 18.8. The molecule has 0 aliphatic rings. The molecular formula is C33H44F3N2O+. The third-order valence-electron chi connectivity index (χ3n) is 7.20. The van der Waals surface area contributed by atoms with Crippen molar-refractivity contribution in [2.24, 2.45) is 0 Å². The van der Waals surface area contributed by atoms with Gasteiger partial charge in [0.05, 0.1) is 7.11 Å². The van der Waals surface area contributed by atoms with Crippen molar-refractivity contribution in [3.05, 3.63) is 94.8 Å². The van der Waals surface area contributed by atoms with E-state index in [0.717, 1.165) is 66.3 Å². The number of nitrogens with two attached hydrogens (primary N) is 1. The molecule has 0 fully saturated rings. The van der Waals surface area contributed by atoms with Crippen molar-refractivity contribution in [1.82, 2.24) is 0 Å². The summed E-state index contributed by atoms with van der Waals surface area (Å²) in [5.41, 5.74) is 4.57. The van der Waals surface area contributed by atoms with Crippen LogP contribution in [0.4, 0.5) is 24.5 Å². The minimum absolute atomic E-state index is 0.155. The highest BCUT2D eigenvalue weighted by atomic mass is 19.2. The van der Waals surface area contributed by atoms with Crippen LogP contribution in [0.3, 0.4) is 0 Å². The second-order valence-corrected chi connectivity index (χ2v) is 9.49. The first kappa shape index (κ1) is 32.0. The molecule has 0 heterocycles. The number of hydrogen-bond acceptors (Lipinski definition) is 2. The first-order valence-corrected chi connectivity index (χ1v) is 13.9. The van der Waals surface area contributed by atoms with Crippen LogP contribution in [-0.2, 0) is 12.0 Å². The van der Waals surface area contributed by atoms with Gasteiger partial charge in [-0.1, -0.05) is 58.0 Å². The average Bonchev–Trinajstić information content (AvgIpc) is 2.97. The number of hydrogen-bond donors (Lipinski definition) is 1. The normalized spacial score (nSPS) is 12.6. The monoisotopic (exact) mass is 541 g/mol. The molecule has 3 aromatic rings. The summed E-state index contributed by atoms with van der Waals surface area (Å²) in [5.74, 6) is -2.93. The molecule has 0 aliphatic carbocycles. The predicted molar refractivity (Wildman–Crippen MR) is 157 cm³/mol. The largest absolute Gasteiger partial charge is 0.496 e. The van der Waals surface area contributed by atoms with Crippen molar-refractivity contribution < 1.29 is 23.2 Å². The minimum Gasteiger partial charge on any atom is -0.496 e. The van der Waals surface area contributed by atoms with Crippen LogP contribution in [0.15, 0.2) is 60.7 Å². The third kappa shape index (κ3) is 8.12. The summed E-state index contributed by atoms with van der Waals surface area (Å²) in [4.78, 5) is 2.28. The van der Waals surface area contributed by atoms with Crippen molar-refractivity contribution in [3.8, 4) is 5.75 Å². The number of para-hydroxylation sites is 1. The van der Waals surface area contributed by atoms with Crippen LogP contribution >= 0.6 is 0 Å². The summed E-state index contributed by atoms with van der Waals surface area (Å²) in [6.45, 7) is 14.8. The van der Waals surface area contributed by atoms with Crippen molar-refractivity contribution >= 4 is 17.5 Å². The Morgan fingerprint density at radius 3 is 2.15 bits per heavy atom. The van der Waals surface area contributed by atoms with Crippen LogP contribution in [0.5, 0.6) is 5.75 Å². The van der Waals surface area contributed by atoms with Crippen molar-refractivity contribution in [3.63, 3.8) is 0 Å². The lowest BCUT2D eigenvalue weighted by atomic mass is 9.76. The molecule has 0 spiro atoms. The van der Waals surface area contributed by atoms with Crippen molar-refractivity contribution in [1.29, 1.82) is 0 Å². The van der Waals surface area contributed by atoms with Crippen LogP contribution in [0.25, 0.3) is 6.08 Å². The number of methoxy groups -OCH3 is 1. The Balaban J connectivity index is 0.00000260. The molecular weight excluding hydrogens is 497 g/mol. The molecule has 1 unspecified atom stereocenters. The van der Waals surface area contributed by atoms with Crippen molar-refractivity contribution in [2.45, 2.75) is 66.3 Å². The van der Waals surface area contributed by atoms with Gasteiger partial charge in [0.25, 0.3) is 0 Å². The Morgan fingerprint density at radius 2 is 1.56 bits per heavy atom. The van der Waals surface area contributed by atoms with E-state index in [-0.39, 0.29) is 5.41 Å². The lowest BCUT2D eigenvalue weighted by molar-refractivity contribution is -0.589. The van der Waals surface area contributed by atoms with Gasteiger partial charge in [-0.15, -0.1) is 0 Å². The maximum atomic E-state index is 13.7. The van der Waals surface area contributed by atoms with E-state index in [0.29, 0.717) is 12.1 Å². The fourth-order valence-electron chi connectivity index (χ4n) is 4.69. The van der Waals surface area contributed by atoms with Gasteiger partial charge in [-0.25, -0.2) is 13.2 Å². The molecule has 0 saturated carbocycles. The Kier molecular flexibility index (Phi) is 12.6. The Labute approximate surface area is 232 Å². The average molecular weight is 542 g/mol. The van der Waals surface area contributed by atoms with Crippen LogP contribution in [0.2, 0.25) is 0 Å². The van der Waals surface area contributed by atoms with E-state index in [1.165, 1.54) is 0 Å². The van der Waals surface area contributed by atoms with E-state index in [4.69, 9.17) is 4.74 Å². The van der Waals surface area contributed by atoms with Gasteiger partial charge in [0, 0.05) is 46.9 Å². The summed E-state index contributed by atoms with van der Waals surface area (Å²) in [5, 5.41) is 1.95. The summed E-state index contributed by atoms with van der Waals surface area (Å²) in [6.07, 6.45) is 5.99. The van der Waals surface area contributed by atoms with Crippen LogP contribution in [0, 0.1) is 17.5 Å². The number of nitrogens with zero attached hydrogens (tertiary/aromatic N) is 1. The van der Waals surface area contributed by atoms with Gasteiger partial charge < -0.3 is 15.0 Å². The van der Waals surface area contributed by atoms with E-state index in [2.05, 4.69) is 69.0 Å². The van der Waals surface area contributed by atoms with E-state index in [1.54, 1.807) is 7.11 Å². The summed E-state index contributed by atoms with van der Waals surface area (Å²) in [6, 6.07) is 16.5. The molecule has 6 heteroatoms. The van der Waals surface area contributed by atoms with Gasteiger partial charge in [-0.3, -0.25) is 0 Å². The molecule has 2 N–H and O–H groups in total. The molecule has 39 heavy (non-hydrogen) atoms. The van der Waals surface area contributed by atoms with E-state index in [9.17, 15) is 13.2 Å². The van der Waals surface area contributed by atoms with E-state index in [1.807, 2.05) is 37.4 Å². The van der Waals surface area contributed by atoms with Gasteiger partial charge in [-0.05, 0) is 57.0 Å². The molecule has 0 aromatic heterocycles. The molecule has 0 radical (unpaired) electrons. The lowest BCUT2D eigenvalue weighted by Gasteiger charge is -2.28. The van der Waals surface area contributed by atoms with Crippen LogP contribution < -0.4 is 15.0 Å². The molecule has 0 saturated heterocycles. The first-order valence-electron chi connectivity index (χ1n) is 13.9. The number of halogens is 3. The Hall–Kier alpha value is -3.25. The van der Waals surface area contributed by atoms with Gasteiger partial charge in [0.2, 0.25) is 0 Å². The zero-order chi connectivity index (χ0) is 29.0. The second kappa shape index (κ2) is 15.4. The number of allylic oxidation sites excluding steroid dienone is 1. The fraction of sp³-hybridized carbons (Fsp3) is 0.394. The second-order valence-electron chi connectivity index (χ2n) is 9.49. The molecule has 3 nitrogen and oxygen atoms in total. The molecule has 3 rings (SSSR count). The third-order valence-corrected chi connectivity index (χ3v) is 7.20. The maximum absolute atomic E-state index is 13.7. The van der Waals surface area contributed by atoms with Gasteiger partial charge in [0.1, 0.15) is 18.0 Å². The van der Waals surface area contributed by atoms with Gasteiger partial charge >= 0.3 is 0 Å². The van der Waals surface area contributed by atoms with Crippen LogP contribution in [0.1, 0.15) is 71.1 Å². The quantitative estimate of drug-likeness (QED) is 0.185. The number of ether oxygens (including phenoxy) is 1. The van der Waals surface area contributed by atoms with Crippen molar-refractivity contribution in [2.75, 3.05) is 25.1 Å². The zero-order valence-corrected chi connectivity index (χ0v) is 24.5. The lowest BCUT2D eigenvalue weighted by Crippen LogP contribution is -2.76. The minimum atomic E-state index is -1.44. The molecule has 212 valence electrons. The number of rotatable bonds is 12.